The van der Waals surface area contributed by atoms with Crippen LogP contribution in [-0.2, 0) is 15.2 Å². The van der Waals surface area contributed by atoms with Crippen LogP contribution >= 0.6 is 33.9 Å². The Kier molecular flexibility index (Phi) is 3.69. The number of alkyl halides is 3. The molecule has 0 fully saturated rings. The first-order chi connectivity index (χ1) is 7.05. The van der Waals surface area contributed by atoms with Crippen molar-refractivity contribution in [1.82, 2.24) is 0 Å². The molecular weight excluding hydrogens is 311 g/mol. The second-order valence-corrected chi connectivity index (χ2v) is 5.97. The summed E-state index contributed by atoms with van der Waals surface area (Å²) in [4.78, 5) is -0.658. The van der Waals surface area contributed by atoms with Gasteiger partial charge in [-0.05, 0) is 12.1 Å². The van der Waals surface area contributed by atoms with Crippen LogP contribution in [0.25, 0.3) is 0 Å². The standard InChI is InChI=1S/C7H2Cl3F3O2S/c8-5-3(7(11,12)13)1-2-4(6(5)9)16(10,14)15/h1-2H. The molecule has 2 nitrogen and oxygen atoms in total. The molecule has 0 bridgehead atoms. The molecular formula is C7H2Cl3F3O2S. The molecule has 0 radical (unpaired) electrons. The van der Waals surface area contributed by atoms with Gasteiger partial charge in [-0.1, -0.05) is 23.2 Å². The van der Waals surface area contributed by atoms with Crippen LogP contribution in [0.3, 0.4) is 0 Å². The Labute approximate surface area is 103 Å². The van der Waals surface area contributed by atoms with Crippen LogP contribution in [0.2, 0.25) is 10.0 Å². The van der Waals surface area contributed by atoms with E-state index in [0.29, 0.717) is 12.1 Å². The Morgan fingerprint density at radius 2 is 1.56 bits per heavy atom. The molecule has 0 unspecified atom stereocenters. The first-order valence-electron chi connectivity index (χ1n) is 3.55. The normalized spacial score (nSPS) is 12.9. The second kappa shape index (κ2) is 4.25. The van der Waals surface area contributed by atoms with Gasteiger partial charge in [-0.3, -0.25) is 0 Å². The second-order valence-electron chi connectivity index (χ2n) is 2.67. The van der Waals surface area contributed by atoms with Crippen molar-refractivity contribution in [3.8, 4) is 0 Å². The third kappa shape index (κ3) is 2.74. The molecule has 0 amide bonds. The third-order valence-corrected chi connectivity index (χ3v) is 3.97. The van der Waals surface area contributed by atoms with E-state index in [-0.39, 0.29) is 0 Å². The molecule has 16 heavy (non-hydrogen) atoms. The number of benzene rings is 1. The zero-order valence-corrected chi connectivity index (χ0v) is 10.2. The van der Waals surface area contributed by atoms with Gasteiger partial charge in [-0.15, -0.1) is 0 Å². The highest BCUT2D eigenvalue weighted by atomic mass is 35.7. The van der Waals surface area contributed by atoms with E-state index in [1.807, 2.05) is 0 Å². The van der Waals surface area contributed by atoms with E-state index in [4.69, 9.17) is 33.9 Å². The maximum absolute atomic E-state index is 12.3. The van der Waals surface area contributed by atoms with Crippen LogP contribution in [0, 0.1) is 0 Å². The van der Waals surface area contributed by atoms with Crippen molar-refractivity contribution in [2.24, 2.45) is 0 Å². The minimum Gasteiger partial charge on any atom is -0.207 e. The largest absolute Gasteiger partial charge is 0.417 e. The Morgan fingerprint density at radius 1 is 1.06 bits per heavy atom. The molecule has 0 aliphatic carbocycles. The predicted molar refractivity (Wildman–Crippen MR) is 54.5 cm³/mol. The molecule has 0 spiro atoms. The lowest BCUT2D eigenvalue weighted by Gasteiger charge is -2.11. The first-order valence-corrected chi connectivity index (χ1v) is 6.61. The van der Waals surface area contributed by atoms with E-state index in [1.54, 1.807) is 0 Å². The van der Waals surface area contributed by atoms with Crippen molar-refractivity contribution in [2.75, 3.05) is 0 Å². The zero-order valence-electron chi connectivity index (χ0n) is 7.15. The molecule has 0 saturated heterocycles. The fourth-order valence-electron chi connectivity index (χ4n) is 0.939. The average Bonchev–Trinajstić information content (AvgIpc) is 2.05. The van der Waals surface area contributed by atoms with Gasteiger partial charge in [-0.2, -0.15) is 13.2 Å². The van der Waals surface area contributed by atoms with Crippen molar-refractivity contribution in [3.63, 3.8) is 0 Å². The van der Waals surface area contributed by atoms with Crippen molar-refractivity contribution >= 4 is 42.9 Å². The highest BCUT2D eigenvalue weighted by Crippen LogP contribution is 2.41. The number of hydrogen-bond acceptors (Lipinski definition) is 2. The van der Waals surface area contributed by atoms with E-state index in [0.717, 1.165) is 0 Å². The van der Waals surface area contributed by atoms with E-state index >= 15 is 0 Å². The van der Waals surface area contributed by atoms with E-state index < -0.39 is 35.7 Å². The van der Waals surface area contributed by atoms with Gasteiger partial charge in [-0.25, -0.2) is 8.42 Å². The quantitative estimate of drug-likeness (QED) is 0.736. The van der Waals surface area contributed by atoms with E-state index in [1.165, 1.54) is 0 Å². The van der Waals surface area contributed by atoms with Crippen LogP contribution in [0.1, 0.15) is 5.56 Å². The van der Waals surface area contributed by atoms with Gasteiger partial charge in [0.2, 0.25) is 0 Å². The first kappa shape index (κ1) is 13.9. The fourth-order valence-corrected chi connectivity index (χ4v) is 2.79. The van der Waals surface area contributed by atoms with Gasteiger partial charge < -0.3 is 0 Å². The molecule has 90 valence electrons. The molecule has 1 aromatic carbocycles. The molecule has 0 saturated carbocycles. The maximum atomic E-state index is 12.3. The summed E-state index contributed by atoms with van der Waals surface area (Å²) >= 11 is 10.7. The topological polar surface area (TPSA) is 34.1 Å². The molecule has 0 aromatic heterocycles. The van der Waals surface area contributed by atoms with Gasteiger partial charge in [0, 0.05) is 10.7 Å². The van der Waals surface area contributed by atoms with E-state index in [2.05, 4.69) is 0 Å². The number of rotatable bonds is 1. The number of hydrogen-bond donors (Lipinski definition) is 0. The maximum Gasteiger partial charge on any atom is 0.417 e. The van der Waals surface area contributed by atoms with E-state index in [9.17, 15) is 21.6 Å². The number of halogens is 6. The SMILES string of the molecule is O=S(=O)(Cl)c1ccc(C(F)(F)F)c(Cl)c1Cl. The smallest absolute Gasteiger partial charge is 0.207 e. The summed E-state index contributed by atoms with van der Waals surface area (Å²) in [6.07, 6.45) is -4.71. The van der Waals surface area contributed by atoms with Crippen molar-refractivity contribution in [1.29, 1.82) is 0 Å². The monoisotopic (exact) mass is 312 g/mol. The van der Waals surface area contributed by atoms with Gasteiger partial charge in [0.1, 0.15) is 4.90 Å². The van der Waals surface area contributed by atoms with Gasteiger partial charge in [0.15, 0.2) is 0 Å². The molecule has 0 N–H and O–H groups in total. The van der Waals surface area contributed by atoms with Crippen LogP contribution in [-0.4, -0.2) is 8.42 Å². The van der Waals surface area contributed by atoms with Crippen LogP contribution in [0.15, 0.2) is 17.0 Å². The summed E-state index contributed by atoms with van der Waals surface area (Å²) in [5.74, 6) is 0. The minimum absolute atomic E-state index is 0.503. The third-order valence-electron chi connectivity index (χ3n) is 1.61. The predicted octanol–water partition coefficient (Wildman–Crippen LogP) is 3.94. The summed E-state index contributed by atoms with van der Waals surface area (Å²) in [6.45, 7) is 0. The highest BCUT2D eigenvalue weighted by molar-refractivity contribution is 8.13. The Hall–Kier alpha value is -0.170. The molecule has 0 aliphatic rings. The fraction of sp³-hybridized carbons (Fsp3) is 0.143. The summed E-state index contributed by atoms with van der Waals surface area (Å²) in [5.41, 5.74) is -1.22. The summed E-state index contributed by atoms with van der Waals surface area (Å²) in [5, 5.41) is -1.64. The molecule has 0 aliphatic heterocycles. The van der Waals surface area contributed by atoms with Crippen LogP contribution < -0.4 is 0 Å². The molecule has 0 heterocycles. The van der Waals surface area contributed by atoms with Gasteiger partial charge >= 0.3 is 6.18 Å². The van der Waals surface area contributed by atoms with Gasteiger partial charge in [0.05, 0.1) is 15.6 Å². The zero-order chi connectivity index (χ0) is 12.7. The molecule has 1 rings (SSSR count). The lowest BCUT2D eigenvalue weighted by molar-refractivity contribution is -0.137. The Balaban J connectivity index is 3.54. The average molecular weight is 314 g/mol. The van der Waals surface area contributed by atoms with Crippen LogP contribution in [0.5, 0.6) is 0 Å². The summed E-state index contributed by atoms with van der Waals surface area (Å²) in [6, 6.07) is 1.16. The highest BCUT2D eigenvalue weighted by Gasteiger charge is 2.35. The molecule has 0 atom stereocenters. The van der Waals surface area contributed by atoms with Crippen molar-refractivity contribution < 1.29 is 21.6 Å². The van der Waals surface area contributed by atoms with Crippen molar-refractivity contribution in [3.05, 3.63) is 27.7 Å². The summed E-state index contributed by atoms with van der Waals surface area (Å²) < 4.78 is 58.8. The minimum atomic E-state index is -4.71. The van der Waals surface area contributed by atoms with Gasteiger partial charge in [0.25, 0.3) is 9.05 Å². The van der Waals surface area contributed by atoms with Crippen molar-refractivity contribution in [2.45, 2.75) is 11.1 Å². The lowest BCUT2D eigenvalue weighted by atomic mass is 10.2. The van der Waals surface area contributed by atoms with Crippen LogP contribution in [0.4, 0.5) is 13.2 Å². The Morgan fingerprint density at radius 3 is 1.94 bits per heavy atom. The molecule has 9 heteroatoms. The molecule has 1 aromatic rings. The lowest BCUT2D eigenvalue weighted by Crippen LogP contribution is -2.07. The Bertz CT molecular complexity index is 524. The summed E-state index contributed by atoms with van der Waals surface area (Å²) in [7, 11) is 0.721.